The van der Waals surface area contributed by atoms with Crippen LogP contribution in [-0.2, 0) is 13.1 Å². The summed E-state index contributed by atoms with van der Waals surface area (Å²) in [5.41, 5.74) is 2.70. The molecular formula is C23H34N2O2. The number of nitrogens with zero attached hydrogens (tertiary/aromatic N) is 2. The van der Waals surface area contributed by atoms with Crippen LogP contribution in [0.25, 0.3) is 10.9 Å². The van der Waals surface area contributed by atoms with E-state index in [0.29, 0.717) is 12.0 Å². The minimum Gasteiger partial charge on any atom is -0.494 e. The van der Waals surface area contributed by atoms with Crippen molar-refractivity contribution in [2.24, 2.45) is 11.8 Å². The van der Waals surface area contributed by atoms with Gasteiger partial charge in [0.15, 0.2) is 0 Å². The van der Waals surface area contributed by atoms with Crippen molar-refractivity contribution in [1.82, 2.24) is 9.47 Å². The molecule has 2 fully saturated rings. The Morgan fingerprint density at radius 3 is 2.81 bits per heavy atom. The number of aliphatic hydroxyl groups excluding tert-OH is 1. The van der Waals surface area contributed by atoms with Crippen LogP contribution in [0.1, 0.15) is 51.5 Å². The monoisotopic (exact) mass is 370 g/mol. The highest BCUT2D eigenvalue weighted by Crippen LogP contribution is 2.35. The summed E-state index contributed by atoms with van der Waals surface area (Å²) in [6.07, 6.45) is 8.47. The number of hydrogen-bond acceptors (Lipinski definition) is 3. The van der Waals surface area contributed by atoms with E-state index in [4.69, 9.17) is 4.74 Å². The Kier molecular flexibility index (Phi) is 5.74. The number of aromatic nitrogens is 1. The van der Waals surface area contributed by atoms with Gasteiger partial charge in [-0.3, -0.25) is 4.90 Å². The fraction of sp³-hybridized carbons (Fsp3) is 0.652. The second-order valence-electron chi connectivity index (χ2n) is 8.91. The molecule has 0 bridgehead atoms. The third-order valence-corrected chi connectivity index (χ3v) is 6.13. The fourth-order valence-corrected chi connectivity index (χ4v) is 4.24. The molecule has 2 heterocycles. The molecule has 0 radical (unpaired) electrons. The molecule has 1 saturated carbocycles. The fourth-order valence-electron chi connectivity index (χ4n) is 4.24. The zero-order valence-electron chi connectivity index (χ0n) is 16.9. The minimum absolute atomic E-state index is 0.268. The number of fused-ring (bicyclic) bond motifs is 1. The van der Waals surface area contributed by atoms with Gasteiger partial charge in [-0.1, -0.05) is 13.8 Å². The van der Waals surface area contributed by atoms with Crippen molar-refractivity contribution in [3.05, 3.63) is 30.0 Å². The van der Waals surface area contributed by atoms with E-state index >= 15 is 0 Å². The van der Waals surface area contributed by atoms with Gasteiger partial charge in [-0.15, -0.1) is 0 Å². The molecule has 0 amide bonds. The van der Waals surface area contributed by atoms with Crippen molar-refractivity contribution in [3.63, 3.8) is 0 Å². The molecule has 2 aromatic rings. The molecule has 1 aliphatic carbocycles. The smallest absolute Gasteiger partial charge is 0.120 e. The number of benzene rings is 1. The Morgan fingerprint density at radius 2 is 2.07 bits per heavy atom. The molecule has 1 N–H and O–H groups in total. The molecule has 0 spiro atoms. The predicted molar refractivity (Wildman–Crippen MR) is 110 cm³/mol. The molecule has 0 unspecified atom stereocenters. The first-order valence-electron chi connectivity index (χ1n) is 10.7. The zero-order valence-corrected chi connectivity index (χ0v) is 16.9. The quantitative estimate of drug-likeness (QED) is 0.709. The lowest BCUT2D eigenvalue weighted by atomic mass is 10.1. The molecule has 1 aliphatic heterocycles. The van der Waals surface area contributed by atoms with Crippen LogP contribution in [-0.4, -0.2) is 40.4 Å². The largest absolute Gasteiger partial charge is 0.494 e. The number of aliphatic hydroxyl groups is 1. The van der Waals surface area contributed by atoms with Crippen LogP contribution in [0.4, 0.5) is 0 Å². The first kappa shape index (κ1) is 18.8. The third kappa shape index (κ3) is 4.49. The second kappa shape index (κ2) is 8.24. The Bertz CT molecular complexity index is 763. The first-order valence-corrected chi connectivity index (χ1v) is 10.7. The highest BCUT2D eigenvalue weighted by Gasteiger charge is 2.26. The highest BCUT2D eigenvalue weighted by atomic mass is 16.5. The van der Waals surface area contributed by atoms with Gasteiger partial charge in [-0.2, -0.15) is 0 Å². The maximum atomic E-state index is 9.68. The van der Waals surface area contributed by atoms with Crippen LogP contribution in [0.2, 0.25) is 0 Å². The Morgan fingerprint density at radius 1 is 1.22 bits per heavy atom. The molecule has 27 heavy (non-hydrogen) atoms. The van der Waals surface area contributed by atoms with E-state index in [-0.39, 0.29) is 6.61 Å². The summed E-state index contributed by atoms with van der Waals surface area (Å²) in [4.78, 5) is 2.45. The lowest BCUT2D eigenvalue weighted by Gasteiger charge is -2.22. The SMILES string of the molecule is CC(C)CCOc1ccc2c(c1)c(CN1CCC[C@H]1CO)cn2CC1CC1. The zero-order chi connectivity index (χ0) is 18.8. The lowest BCUT2D eigenvalue weighted by Crippen LogP contribution is -2.31. The minimum atomic E-state index is 0.268. The summed E-state index contributed by atoms with van der Waals surface area (Å²) < 4.78 is 8.48. The molecule has 1 atom stereocenters. The van der Waals surface area contributed by atoms with Crippen molar-refractivity contribution in [1.29, 1.82) is 0 Å². The summed E-state index contributed by atoms with van der Waals surface area (Å²) in [5, 5.41) is 11.0. The van der Waals surface area contributed by atoms with E-state index in [1.165, 1.54) is 35.7 Å². The molecular weight excluding hydrogens is 336 g/mol. The van der Waals surface area contributed by atoms with Crippen LogP contribution < -0.4 is 4.74 Å². The van der Waals surface area contributed by atoms with Crippen LogP contribution in [0, 0.1) is 11.8 Å². The van der Waals surface area contributed by atoms with E-state index in [2.05, 4.69) is 47.7 Å². The molecule has 1 aromatic heterocycles. The van der Waals surface area contributed by atoms with Gasteiger partial charge in [-0.05, 0) is 74.2 Å². The predicted octanol–water partition coefficient (Wildman–Crippen LogP) is 4.43. The second-order valence-corrected chi connectivity index (χ2v) is 8.91. The van der Waals surface area contributed by atoms with Gasteiger partial charge in [0.05, 0.1) is 13.2 Å². The molecule has 4 nitrogen and oxygen atoms in total. The average Bonchev–Trinajstić information content (AvgIpc) is 3.25. The molecule has 2 aliphatic rings. The Hall–Kier alpha value is -1.52. The first-order chi connectivity index (χ1) is 13.1. The summed E-state index contributed by atoms with van der Waals surface area (Å²) >= 11 is 0. The maximum absolute atomic E-state index is 9.68. The Balaban J connectivity index is 1.58. The lowest BCUT2D eigenvalue weighted by molar-refractivity contribution is 0.154. The Labute approximate surface area is 163 Å². The summed E-state index contributed by atoms with van der Waals surface area (Å²) in [7, 11) is 0. The van der Waals surface area contributed by atoms with E-state index in [1.807, 2.05) is 0 Å². The normalized spacial score (nSPS) is 20.8. The van der Waals surface area contributed by atoms with Gasteiger partial charge >= 0.3 is 0 Å². The van der Waals surface area contributed by atoms with Gasteiger partial charge in [0.2, 0.25) is 0 Å². The molecule has 1 aromatic carbocycles. The van der Waals surface area contributed by atoms with Crippen molar-refractivity contribution in [3.8, 4) is 5.75 Å². The summed E-state index contributed by atoms with van der Waals surface area (Å²) in [5.74, 6) is 2.50. The molecule has 1 saturated heterocycles. The standard InChI is InChI=1S/C23H34N2O2/c1-17(2)9-11-27-21-7-8-23-22(12-21)19(15-25(23)13-18-5-6-18)14-24-10-3-4-20(24)16-26/h7-8,12,15,17-18,20,26H,3-6,9-11,13-14,16H2,1-2H3/t20-/m0/s1. The van der Waals surface area contributed by atoms with Gasteiger partial charge in [0.1, 0.15) is 5.75 Å². The van der Waals surface area contributed by atoms with E-state index in [9.17, 15) is 5.11 Å². The number of likely N-dealkylation sites (tertiary alicyclic amines) is 1. The summed E-state index contributed by atoms with van der Waals surface area (Å²) in [6.45, 7) is 8.66. The van der Waals surface area contributed by atoms with Gasteiger partial charge < -0.3 is 14.4 Å². The van der Waals surface area contributed by atoms with E-state index < -0.39 is 0 Å². The van der Waals surface area contributed by atoms with E-state index in [0.717, 1.165) is 50.8 Å². The molecule has 4 heteroatoms. The van der Waals surface area contributed by atoms with Gasteiger partial charge in [-0.25, -0.2) is 0 Å². The van der Waals surface area contributed by atoms with Crippen molar-refractivity contribution < 1.29 is 9.84 Å². The van der Waals surface area contributed by atoms with Crippen LogP contribution in [0.5, 0.6) is 5.75 Å². The topological polar surface area (TPSA) is 37.6 Å². The summed E-state index contributed by atoms with van der Waals surface area (Å²) in [6, 6.07) is 6.91. The van der Waals surface area contributed by atoms with Crippen LogP contribution >= 0.6 is 0 Å². The highest BCUT2D eigenvalue weighted by molar-refractivity contribution is 5.85. The number of rotatable bonds is 9. The number of ether oxygens (including phenoxy) is 1. The van der Waals surface area contributed by atoms with Gasteiger partial charge in [0.25, 0.3) is 0 Å². The van der Waals surface area contributed by atoms with Crippen LogP contribution in [0.3, 0.4) is 0 Å². The van der Waals surface area contributed by atoms with Crippen molar-refractivity contribution in [2.45, 2.75) is 65.1 Å². The third-order valence-electron chi connectivity index (χ3n) is 6.13. The van der Waals surface area contributed by atoms with Crippen LogP contribution in [0.15, 0.2) is 24.4 Å². The average molecular weight is 371 g/mol. The van der Waals surface area contributed by atoms with Gasteiger partial charge in [0, 0.05) is 36.2 Å². The van der Waals surface area contributed by atoms with E-state index in [1.54, 1.807) is 0 Å². The van der Waals surface area contributed by atoms with Crippen molar-refractivity contribution in [2.75, 3.05) is 19.8 Å². The molecule has 148 valence electrons. The maximum Gasteiger partial charge on any atom is 0.120 e. The molecule has 4 rings (SSSR count). The number of hydrogen-bond donors (Lipinski definition) is 1. The van der Waals surface area contributed by atoms with Crippen molar-refractivity contribution >= 4 is 10.9 Å².